The van der Waals surface area contributed by atoms with Gasteiger partial charge in [-0.1, -0.05) is 6.07 Å². The van der Waals surface area contributed by atoms with Crippen molar-refractivity contribution >= 4 is 0 Å². The molecular weight excluding hydrogens is 178 g/mol. The number of aromatic hydroxyl groups is 1. The maximum absolute atomic E-state index is 9.48. The van der Waals surface area contributed by atoms with Crippen LogP contribution in [0.3, 0.4) is 0 Å². The molecule has 0 radical (unpaired) electrons. The molecule has 0 unspecified atom stereocenters. The van der Waals surface area contributed by atoms with Gasteiger partial charge in [0.15, 0.2) is 11.5 Å². The molecule has 1 aromatic rings. The zero-order valence-corrected chi connectivity index (χ0v) is 7.73. The van der Waals surface area contributed by atoms with E-state index >= 15 is 0 Å². The Morgan fingerprint density at radius 2 is 2.29 bits per heavy atom. The van der Waals surface area contributed by atoms with Crippen molar-refractivity contribution < 1.29 is 9.84 Å². The minimum Gasteiger partial charge on any atom is -0.504 e. The lowest BCUT2D eigenvalue weighted by Crippen LogP contribution is -2.00. The maximum Gasteiger partial charge on any atom is 0.178 e. The largest absolute Gasteiger partial charge is 0.504 e. The van der Waals surface area contributed by atoms with E-state index in [0.717, 1.165) is 0 Å². The van der Waals surface area contributed by atoms with Gasteiger partial charge in [-0.15, -0.1) is 0 Å². The number of phenols is 1. The van der Waals surface area contributed by atoms with Crippen molar-refractivity contribution in [2.45, 2.75) is 12.8 Å². The van der Waals surface area contributed by atoms with E-state index in [1.807, 2.05) is 6.07 Å². The molecule has 0 spiro atoms. The van der Waals surface area contributed by atoms with Gasteiger partial charge in [0.2, 0.25) is 0 Å². The molecule has 1 aromatic carbocycles. The number of para-hydroxylation sites is 1. The van der Waals surface area contributed by atoms with Crippen molar-refractivity contribution in [3.63, 3.8) is 0 Å². The van der Waals surface area contributed by atoms with Crippen LogP contribution < -0.4 is 4.74 Å². The van der Waals surface area contributed by atoms with Gasteiger partial charge >= 0.3 is 0 Å². The number of nitrogens with zero attached hydrogens (tertiary/aromatic N) is 1. The zero-order chi connectivity index (χ0) is 9.97. The molecule has 1 saturated carbocycles. The molecule has 0 saturated heterocycles. The third kappa shape index (κ3) is 1.80. The predicted molar refractivity (Wildman–Crippen MR) is 51.0 cm³/mol. The van der Waals surface area contributed by atoms with Crippen molar-refractivity contribution in [3.8, 4) is 17.6 Å². The van der Waals surface area contributed by atoms with Crippen LogP contribution in [0.5, 0.6) is 11.5 Å². The highest BCUT2D eigenvalue weighted by molar-refractivity contribution is 5.51. The third-order valence-electron chi connectivity index (χ3n) is 2.27. The molecule has 1 aliphatic carbocycles. The third-order valence-corrected chi connectivity index (χ3v) is 2.27. The summed E-state index contributed by atoms with van der Waals surface area (Å²) in [5.74, 6) is 0.979. The van der Waals surface area contributed by atoms with Crippen LogP contribution in [0, 0.1) is 17.2 Å². The summed E-state index contributed by atoms with van der Waals surface area (Å²) in [6, 6.07) is 6.80. The van der Waals surface area contributed by atoms with Gasteiger partial charge in [0.25, 0.3) is 0 Å². The second-order valence-corrected chi connectivity index (χ2v) is 3.52. The molecule has 1 N–H and O–H groups in total. The van der Waals surface area contributed by atoms with Crippen molar-refractivity contribution in [1.29, 1.82) is 5.26 Å². The Labute approximate surface area is 82.6 Å². The lowest BCUT2D eigenvalue weighted by atomic mass is 10.2. The quantitative estimate of drug-likeness (QED) is 0.791. The first-order valence-corrected chi connectivity index (χ1v) is 4.66. The van der Waals surface area contributed by atoms with Crippen LogP contribution in [0.25, 0.3) is 0 Å². The number of phenolic OH excluding ortho intramolecular Hbond substituents is 1. The van der Waals surface area contributed by atoms with Crippen molar-refractivity contribution in [1.82, 2.24) is 0 Å². The van der Waals surface area contributed by atoms with Crippen LogP contribution in [0.4, 0.5) is 0 Å². The minimum atomic E-state index is 0.0460. The van der Waals surface area contributed by atoms with Gasteiger partial charge in [0, 0.05) is 0 Å². The summed E-state index contributed by atoms with van der Waals surface area (Å²) in [7, 11) is 0. The van der Waals surface area contributed by atoms with Crippen LogP contribution in [0.15, 0.2) is 18.2 Å². The fraction of sp³-hybridized carbons (Fsp3) is 0.364. The van der Waals surface area contributed by atoms with E-state index in [2.05, 4.69) is 0 Å². The van der Waals surface area contributed by atoms with Crippen LogP contribution >= 0.6 is 0 Å². The summed E-state index contributed by atoms with van der Waals surface area (Å²) in [5, 5.41) is 18.3. The maximum atomic E-state index is 9.48. The average molecular weight is 189 g/mol. The molecule has 0 atom stereocenters. The minimum absolute atomic E-state index is 0.0460. The highest BCUT2D eigenvalue weighted by atomic mass is 16.5. The number of ether oxygens (including phenoxy) is 1. The van der Waals surface area contributed by atoms with E-state index < -0.39 is 0 Å². The molecule has 0 amide bonds. The Bertz CT molecular complexity index is 377. The fourth-order valence-electron chi connectivity index (χ4n) is 1.25. The molecule has 0 aliphatic heterocycles. The molecule has 0 bridgehead atoms. The van der Waals surface area contributed by atoms with Crippen LogP contribution in [0.2, 0.25) is 0 Å². The Kier molecular flexibility index (Phi) is 2.28. The van der Waals surface area contributed by atoms with E-state index in [0.29, 0.717) is 23.8 Å². The molecule has 1 aliphatic rings. The average Bonchev–Trinajstić information content (AvgIpc) is 2.99. The number of rotatable bonds is 3. The van der Waals surface area contributed by atoms with Gasteiger partial charge in [-0.2, -0.15) is 5.26 Å². The van der Waals surface area contributed by atoms with Gasteiger partial charge in [-0.25, -0.2) is 0 Å². The number of benzene rings is 1. The molecule has 3 heteroatoms. The topological polar surface area (TPSA) is 53.2 Å². The first kappa shape index (κ1) is 8.89. The van der Waals surface area contributed by atoms with E-state index in [1.165, 1.54) is 18.9 Å². The Balaban J connectivity index is 2.16. The first-order chi connectivity index (χ1) is 6.81. The summed E-state index contributed by atoms with van der Waals surface area (Å²) in [4.78, 5) is 0. The van der Waals surface area contributed by atoms with E-state index in [-0.39, 0.29) is 5.75 Å². The van der Waals surface area contributed by atoms with Crippen molar-refractivity contribution in [3.05, 3.63) is 23.8 Å². The second-order valence-electron chi connectivity index (χ2n) is 3.52. The summed E-state index contributed by atoms with van der Waals surface area (Å²) in [5.41, 5.74) is 0.394. The first-order valence-electron chi connectivity index (χ1n) is 4.66. The molecule has 72 valence electrons. The molecule has 0 heterocycles. The number of hydrogen-bond donors (Lipinski definition) is 1. The smallest absolute Gasteiger partial charge is 0.178 e. The van der Waals surface area contributed by atoms with Crippen LogP contribution in [-0.2, 0) is 0 Å². The van der Waals surface area contributed by atoms with E-state index in [9.17, 15) is 5.11 Å². The highest BCUT2D eigenvalue weighted by Crippen LogP contribution is 2.33. The Morgan fingerprint density at radius 3 is 2.93 bits per heavy atom. The number of nitriles is 1. The van der Waals surface area contributed by atoms with E-state index in [4.69, 9.17) is 10.00 Å². The molecule has 3 nitrogen and oxygen atoms in total. The summed E-state index contributed by atoms with van der Waals surface area (Å²) in [6.45, 7) is 0.603. The van der Waals surface area contributed by atoms with Crippen LogP contribution in [-0.4, -0.2) is 11.7 Å². The van der Waals surface area contributed by atoms with Gasteiger partial charge in [0.05, 0.1) is 12.2 Å². The molecule has 14 heavy (non-hydrogen) atoms. The van der Waals surface area contributed by atoms with Gasteiger partial charge in [-0.05, 0) is 30.9 Å². The van der Waals surface area contributed by atoms with Crippen LogP contribution in [0.1, 0.15) is 18.4 Å². The molecule has 0 aromatic heterocycles. The second kappa shape index (κ2) is 3.59. The Morgan fingerprint density at radius 1 is 1.50 bits per heavy atom. The Hall–Kier alpha value is -1.69. The number of hydrogen-bond acceptors (Lipinski definition) is 3. The van der Waals surface area contributed by atoms with Crippen molar-refractivity contribution in [2.24, 2.45) is 5.92 Å². The summed E-state index contributed by atoms with van der Waals surface area (Å²) < 4.78 is 5.41. The molecular formula is C11H11NO2. The van der Waals surface area contributed by atoms with Gasteiger partial charge < -0.3 is 9.84 Å². The van der Waals surface area contributed by atoms with E-state index in [1.54, 1.807) is 12.1 Å². The molecule has 1 fully saturated rings. The van der Waals surface area contributed by atoms with Gasteiger partial charge in [-0.3, -0.25) is 0 Å². The standard InChI is InChI=1S/C11H11NO2/c12-6-9-2-1-3-10(13)11(9)14-7-8-4-5-8/h1-3,8,13H,4-5,7H2. The SMILES string of the molecule is N#Cc1cccc(O)c1OCC1CC1. The lowest BCUT2D eigenvalue weighted by molar-refractivity contribution is 0.283. The lowest BCUT2D eigenvalue weighted by Gasteiger charge is -2.08. The van der Waals surface area contributed by atoms with Gasteiger partial charge in [0.1, 0.15) is 6.07 Å². The van der Waals surface area contributed by atoms with Crippen molar-refractivity contribution in [2.75, 3.05) is 6.61 Å². The highest BCUT2D eigenvalue weighted by Gasteiger charge is 2.23. The fourth-order valence-corrected chi connectivity index (χ4v) is 1.25. The molecule has 2 rings (SSSR count). The summed E-state index contributed by atoms with van der Waals surface area (Å²) in [6.07, 6.45) is 2.38. The normalized spacial score (nSPS) is 14.8. The monoisotopic (exact) mass is 189 g/mol. The summed E-state index contributed by atoms with van der Waals surface area (Å²) >= 11 is 0. The predicted octanol–water partition coefficient (Wildman–Crippen LogP) is 2.05. The zero-order valence-electron chi connectivity index (χ0n) is 7.73.